The molecule has 0 radical (unpaired) electrons. The van der Waals surface area contributed by atoms with E-state index < -0.39 is 11.6 Å². The summed E-state index contributed by atoms with van der Waals surface area (Å²) in [6.07, 6.45) is 7.72. The van der Waals surface area contributed by atoms with Crippen molar-refractivity contribution >= 4 is 17.8 Å². The predicted molar refractivity (Wildman–Crippen MR) is 94.8 cm³/mol. The van der Waals surface area contributed by atoms with E-state index in [9.17, 15) is 14.4 Å². The highest BCUT2D eigenvalue weighted by atomic mass is 16.2. The topological polar surface area (TPSA) is 69.7 Å². The third-order valence-electron chi connectivity index (χ3n) is 6.62. The molecule has 1 saturated heterocycles. The molecule has 2 unspecified atom stereocenters. The Morgan fingerprint density at radius 3 is 2.44 bits per heavy atom. The SMILES string of the molecule is CC1CCC2(CC1)NC(=O)N(CC(=O)N(C)C1CCCCC1C)C2=O. The molecule has 6 heteroatoms. The molecule has 4 amide bonds. The fraction of sp³-hybridized carbons (Fsp3) is 0.842. The fourth-order valence-corrected chi connectivity index (χ4v) is 4.72. The molecular formula is C19H31N3O3. The van der Waals surface area contributed by atoms with E-state index in [1.807, 2.05) is 7.05 Å². The summed E-state index contributed by atoms with van der Waals surface area (Å²) in [5.74, 6) is 0.716. The van der Waals surface area contributed by atoms with Crippen molar-refractivity contribution in [2.45, 2.75) is 76.8 Å². The van der Waals surface area contributed by atoms with Crippen LogP contribution in [0.25, 0.3) is 0 Å². The number of hydrogen-bond donors (Lipinski definition) is 1. The predicted octanol–water partition coefficient (Wildman–Crippen LogP) is 2.52. The van der Waals surface area contributed by atoms with Crippen LogP contribution in [0.1, 0.15) is 65.2 Å². The third kappa shape index (κ3) is 3.40. The maximum absolute atomic E-state index is 12.9. The molecule has 3 aliphatic rings. The Bertz CT molecular complexity index is 554. The van der Waals surface area contributed by atoms with E-state index in [1.54, 1.807) is 4.90 Å². The summed E-state index contributed by atoms with van der Waals surface area (Å²) in [6.45, 7) is 4.22. The van der Waals surface area contributed by atoms with Crippen molar-refractivity contribution in [1.82, 2.24) is 15.1 Å². The molecule has 2 atom stereocenters. The van der Waals surface area contributed by atoms with Crippen LogP contribution in [0.3, 0.4) is 0 Å². The summed E-state index contributed by atoms with van der Waals surface area (Å²) >= 11 is 0. The van der Waals surface area contributed by atoms with Gasteiger partial charge in [-0.25, -0.2) is 4.79 Å². The molecule has 1 spiro atoms. The Hall–Kier alpha value is -1.59. The largest absolute Gasteiger partial charge is 0.341 e. The van der Waals surface area contributed by atoms with Crippen LogP contribution in [0, 0.1) is 11.8 Å². The smallest absolute Gasteiger partial charge is 0.325 e. The van der Waals surface area contributed by atoms with E-state index in [2.05, 4.69) is 19.2 Å². The zero-order valence-electron chi connectivity index (χ0n) is 15.7. The van der Waals surface area contributed by atoms with Gasteiger partial charge >= 0.3 is 6.03 Å². The summed E-state index contributed by atoms with van der Waals surface area (Å²) in [5.41, 5.74) is -0.763. The lowest BCUT2D eigenvalue weighted by Gasteiger charge is -2.37. The van der Waals surface area contributed by atoms with E-state index in [0.29, 0.717) is 24.7 Å². The Labute approximate surface area is 150 Å². The van der Waals surface area contributed by atoms with Crippen LogP contribution in [0.4, 0.5) is 4.79 Å². The first-order chi connectivity index (χ1) is 11.8. The summed E-state index contributed by atoms with van der Waals surface area (Å²) in [7, 11) is 1.81. The number of nitrogens with zero attached hydrogens (tertiary/aromatic N) is 2. The van der Waals surface area contributed by atoms with Gasteiger partial charge in [0.05, 0.1) is 0 Å². The zero-order valence-corrected chi connectivity index (χ0v) is 15.7. The van der Waals surface area contributed by atoms with Gasteiger partial charge in [-0.3, -0.25) is 14.5 Å². The summed E-state index contributed by atoms with van der Waals surface area (Å²) in [6, 6.07) is -0.190. The highest BCUT2D eigenvalue weighted by Gasteiger charge is 2.52. The van der Waals surface area contributed by atoms with Crippen molar-refractivity contribution in [3.05, 3.63) is 0 Å². The number of amides is 4. The summed E-state index contributed by atoms with van der Waals surface area (Å²) in [4.78, 5) is 40.8. The van der Waals surface area contributed by atoms with E-state index in [4.69, 9.17) is 0 Å². The first-order valence-electron chi connectivity index (χ1n) is 9.74. The van der Waals surface area contributed by atoms with Crippen LogP contribution >= 0.6 is 0 Å². The lowest BCUT2D eigenvalue weighted by molar-refractivity contribution is -0.141. The average Bonchev–Trinajstić information content (AvgIpc) is 2.82. The summed E-state index contributed by atoms with van der Waals surface area (Å²) < 4.78 is 0. The van der Waals surface area contributed by atoms with Gasteiger partial charge in [0.2, 0.25) is 5.91 Å². The van der Waals surface area contributed by atoms with Crippen molar-refractivity contribution in [2.75, 3.05) is 13.6 Å². The van der Waals surface area contributed by atoms with Crippen molar-refractivity contribution in [3.63, 3.8) is 0 Å². The monoisotopic (exact) mass is 349 g/mol. The average molecular weight is 349 g/mol. The van der Waals surface area contributed by atoms with Gasteiger partial charge in [0, 0.05) is 13.1 Å². The van der Waals surface area contributed by atoms with Crippen LogP contribution in [0.5, 0.6) is 0 Å². The number of imide groups is 1. The minimum atomic E-state index is -0.763. The van der Waals surface area contributed by atoms with Gasteiger partial charge in [0.1, 0.15) is 12.1 Å². The molecule has 1 heterocycles. The van der Waals surface area contributed by atoms with E-state index in [-0.39, 0.29) is 24.4 Å². The normalized spacial score (nSPS) is 35.8. The Kier molecular flexibility index (Phi) is 5.07. The van der Waals surface area contributed by atoms with E-state index >= 15 is 0 Å². The van der Waals surface area contributed by atoms with Crippen molar-refractivity contribution in [2.24, 2.45) is 11.8 Å². The molecule has 2 saturated carbocycles. The van der Waals surface area contributed by atoms with Crippen molar-refractivity contribution in [3.8, 4) is 0 Å². The first kappa shape index (κ1) is 18.2. The number of carbonyl (C=O) groups is 3. The quantitative estimate of drug-likeness (QED) is 0.796. The molecule has 3 fully saturated rings. The van der Waals surface area contributed by atoms with Crippen LogP contribution in [0.2, 0.25) is 0 Å². The maximum Gasteiger partial charge on any atom is 0.325 e. The Balaban J connectivity index is 1.65. The molecule has 0 aromatic rings. The third-order valence-corrected chi connectivity index (χ3v) is 6.62. The molecule has 3 rings (SSSR count). The second kappa shape index (κ2) is 6.96. The Morgan fingerprint density at radius 2 is 1.80 bits per heavy atom. The molecule has 0 aromatic carbocycles. The molecule has 6 nitrogen and oxygen atoms in total. The first-order valence-corrected chi connectivity index (χ1v) is 9.74. The van der Waals surface area contributed by atoms with Gasteiger partial charge in [0.15, 0.2) is 0 Å². The van der Waals surface area contributed by atoms with Gasteiger partial charge in [0.25, 0.3) is 5.91 Å². The molecule has 140 valence electrons. The van der Waals surface area contributed by atoms with Crippen LogP contribution in [-0.4, -0.2) is 52.8 Å². The number of carbonyl (C=O) groups excluding carboxylic acids is 3. The number of nitrogens with one attached hydrogen (secondary N) is 1. The van der Waals surface area contributed by atoms with Crippen LogP contribution in [0.15, 0.2) is 0 Å². The highest BCUT2D eigenvalue weighted by molar-refractivity contribution is 6.09. The van der Waals surface area contributed by atoms with Crippen molar-refractivity contribution in [1.29, 1.82) is 0 Å². The van der Waals surface area contributed by atoms with Gasteiger partial charge in [-0.15, -0.1) is 0 Å². The standard InChI is InChI=1S/C19H31N3O3/c1-13-8-10-19(11-9-13)17(24)22(18(25)20-19)12-16(23)21(3)15-7-5-4-6-14(15)2/h13-15H,4-12H2,1-3H3,(H,20,25). The lowest BCUT2D eigenvalue weighted by Crippen LogP contribution is -2.50. The minimum absolute atomic E-state index is 0.136. The van der Waals surface area contributed by atoms with E-state index in [1.165, 1.54) is 6.42 Å². The van der Waals surface area contributed by atoms with Gasteiger partial charge in [-0.2, -0.15) is 0 Å². The number of rotatable bonds is 3. The molecule has 1 N–H and O–H groups in total. The molecule has 0 bridgehead atoms. The minimum Gasteiger partial charge on any atom is -0.341 e. The van der Waals surface area contributed by atoms with Crippen LogP contribution in [-0.2, 0) is 9.59 Å². The zero-order chi connectivity index (χ0) is 18.2. The second-order valence-electron chi connectivity index (χ2n) is 8.42. The van der Waals surface area contributed by atoms with Gasteiger partial charge < -0.3 is 10.2 Å². The number of hydrogen-bond acceptors (Lipinski definition) is 3. The van der Waals surface area contributed by atoms with Crippen LogP contribution < -0.4 is 5.32 Å². The second-order valence-corrected chi connectivity index (χ2v) is 8.42. The highest BCUT2D eigenvalue weighted by Crippen LogP contribution is 2.36. The van der Waals surface area contributed by atoms with Gasteiger partial charge in [-0.05, 0) is 50.4 Å². The molecular weight excluding hydrogens is 318 g/mol. The fourth-order valence-electron chi connectivity index (χ4n) is 4.72. The van der Waals surface area contributed by atoms with Gasteiger partial charge in [-0.1, -0.05) is 26.7 Å². The molecule has 2 aliphatic carbocycles. The molecule has 1 aliphatic heterocycles. The Morgan fingerprint density at radius 1 is 1.16 bits per heavy atom. The summed E-state index contributed by atoms with van der Waals surface area (Å²) in [5, 5.41) is 2.89. The van der Waals surface area contributed by atoms with Crippen molar-refractivity contribution < 1.29 is 14.4 Å². The molecule has 0 aromatic heterocycles. The number of urea groups is 1. The van der Waals surface area contributed by atoms with E-state index in [0.717, 1.165) is 37.0 Å². The lowest BCUT2D eigenvalue weighted by atomic mass is 9.77. The number of likely N-dealkylation sites (N-methyl/N-ethyl adjacent to an activating group) is 1. The molecule has 25 heavy (non-hydrogen) atoms. The maximum atomic E-state index is 12.9.